The molecule has 3 aliphatic rings. The Morgan fingerprint density at radius 3 is 2.30 bits per heavy atom. The van der Waals surface area contributed by atoms with E-state index in [1.165, 1.54) is 19.1 Å². The zero-order valence-corrected chi connectivity index (χ0v) is 22.6. The zero-order valence-electron chi connectivity index (χ0n) is 22.6. The van der Waals surface area contributed by atoms with Gasteiger partial charge >= 0.3 is 6.18 Å². The molecule has 1 unspecified atom stereocenters. The number of carbonyl (C=O) groups excluding carboxylic acids is 3. The summed E-state index contributed by atoms with van der Waals surface area (Å²) in [5.41, 5.74) is 7.04. The van der Waals surface area contributed by atoms with Gasteiger partial charge in [-0.2, -0.15) is 13.2 Å². The van der Waals surface area contributed by atoms with E-state index < -0.39 is 24.5 Å². The van der Waals surface area contributed by atoms with Crippen LogP contribution < -0.4 is 21.3 Å². The van der Waals surface area contributed by atoms with E-state index in [1.54, 1.807) is 13.1 Å². The van der Waals surface area contributed by atoms with E-state index in [0.29, 0.717) is 11.1 Å². The molecule has 214 valence electrons. The van der Waals surface area contributed by atoms with Crippen LogP contribution in [0.1, 0.15) is 88.5 Å². The number of nitrogens with zero attached hydrogens (tertiary/aromatic N) is 2. The monoisotopic (exact) mass is 557 g/mol. The third-order valence-electron chi connectivity index (χ3n) is 8.13. The number of piperidine rings is 1. The van der Waals surface area contributed by atoms with Gasteiger partial charge in [-0.3, -0.25) is 14.4 Å². The van der Waals surface area contributed by atoms with Crippen molar-refractivity contribution in [1.29, 1.82) is 0 Å². The van der Waals surface area contributed by atoms with Gasteiger partial charge in [0.1, 0.15) is 5.82 Å². The first-order chi connectivity index (χ1) is 18.9. The molecule has 5 rings (SSSR count). The number of ketones is 1. The van der Waals surface area contributed by atoms with Crippen molar-refractivity contribution < 1.29 is 27.6 Å². The first kappa shape index (κ1) is 27.9. The largest absolute Gasteiger partial charge is 0.391 e. The van der Waals surface area contributed by atoms with E-state index in [1.807, 2.05) is 12.1 Å². The minimum absolute atomic E-state index is 0.0341. The van der Waals surface area contributed by atoms with Crippen molar-refractivity contribution in [1.82, 2.24) is 10.3 Å². The number of hydrogen-bond acceptors (Lipinski definition) is 6. The second-order valence-corrected chi connectivity index (χ2v) is 11.4. The molecule has 40 heavy (non-hydrogen) atoms. The molecule has 3 fully saturated rings. The molecule has 2 saturated heterocycles. The highest BCUT2D eigenvalue weighted by Gasteiger charge is 2.42. The van der Waals surface area contributed by atoms with E-state index in [0.717, 1.165) is 44.3 Å². The van der Waals surface area contributed by atoms with E-state index in [9.17, 15) is 27.6 Å². The number of aryl methyl sites for hydroxylation is 1. The highest BCUT2D eigenvalue weighted by atomic mass is 19.4. The van der Waals surface area contributed by atoms with Crippen LogP contribution in [0.5, 0.6) is 0 Å². The number of nitrogens with two attached hydrogens (primary N) is 1. The number of hydrogen-bond donors (Lipinski definition) is 3. The van der Waals surface area contributed by atoms with Gasteiger partial charge in [0.25, 0.3) is 11.8 Å². The number of primary amides is 1. The van der Waals surface area contributed by atoms with Crippen molar-refractivity contribution >= 4 is 29.1 Å². The number of benzene rings is 1. The Morgan fingerprint density at radius 2 is 1.75 bits per heavy atom. The third-order valence-corrected chi connectivity index (χ3v) is 8.13. The smallest absolute Gasteiger partial charge is 0.382 e. The Bertz CT molecular complexity index is 1300. The third kappa shape index (κ3) is 6.08. The van der Waals surface area contributed by atoms with Gasteiger partial charge in [-0.1, -0.05) is 0 Å². The summed E-state index contributed by atoms with van der Waals surface area (Å²) < 4.78 is 38.6. The van der Waals surface area contributed by atoms with Gasteiger partial charge in [-0.05, 0) is 82.2 Å². The Balaban J connectivity index is 1.27. The van der Waals surface area contributed by atoms with E-state index in [4.69, 9.17) is 5.73 Å². The van der Waals surface area contributed by atoms with E-state index >= 15 is 0 Å². The lowest BCUT2D eigenvalue weighted by Crippen LogP contribution is -2.50. The minimum atomic E-state index is -4.38. The number of Topliss-reactive ketones (excluding diaryl/α,β-unsaturated/α-hetero) is 1. The van der Waals surface area contributed by atoms with Crippen LogP contribution in [0.15, 0.2) is 30.5 Å². The normalized spacial score (nSPS) is 23.0. The predicted octanol–water partition coefficient (Wildman–Crippen LogP) is 4.76. The highest BCUT2D eigenvalue weighted by Crippen LogP contribution is 2.39. The molecule has 1 aliphatic carbocycles. The summed E-state index contributed by atoms with van der Waals surface area (Å²) in [7, 11) is 0. The summed E-state index contributed by atoms with van der Waals surface area (Å²) >= 11 is 0. The van der Waals surface area contributed by atoms with Crippen molar-refractivity contribution in [2.75, 3.05) is 10.2 Å². The molecular weight excluding hydrogens is 523 g/mol. The summed E-state index contributed by atoms with van der Waals surface area (Å²) in [6.45, 7) is 3.02. The maximum atomic E-state index is 13.3. The summed E-state index contributed by atoms with van der Waals surface area (Å²) in [4.78, 5) is 44.6. The molecule has 4 N–H and O–H groups in total. The van der Waals surface area contributed by atoms with Crippen LogP contribution in [-0.4, -0.2) is 52.9 Å². The molecule has 8 nitrogen and oxygen atoms in total. The number of rotatable bonds is 9. The van der Waals surface area contributed by atoms with Gasteiger partial charge in [0.15, 0.2) is 5.78 Å². The Hall–Kier alpha value is -3.63. The van der Waals surface area contributed by atoms with Crippen LogP contribution >= 0.6 is 0 Å². The van der Waals surface area contributed by atoms with E-state index in [-0.39, 0.29) is 52.5 Å². The van der Waals surface area contributed by atoms with Gasteiger partial charge in [0.05, 0.1) is 12.0 Å². The maximum absolute atomic E-state index is 13.3. The van der Waals surface area contributed by atoms with Gasteiger partial charge in [0, 0.05) is 53.1 Å². The number of carbonyl (C=O) groups is 3. The number of anilines is 2. The molecule has 2 aliphatic heterocycles. The molecule has 4 atom stereocenters. The molecule has 2 aromatic rings. The number of aromatic nitrogens is 1. The lowest BCUT2D eigenvalue weighted by Gasteiger charge is -2.40. The minimum Gasteiger partial charge on any atom is -0.382 e. The van der Waals surface area contributed by atoms with Gasteiger partial charge in [-0.15, -0.1) is 0 Å². The van der Waals surface area contributed by atoms with Crippen molar-refractivity contribution in [3.8, 4) is 0 Å². The van der Waals surface area contributed by atoms with Crippen molar-refractivity contribution in [3.05, 3.63) is 52.7 Å². The van der Waals surface area contributed by atoms with Crippen LogP contribution in [0.25, 0.3) is 0 Å². The fraction of sp³-hybridized carbons (Fsp3) is 0.517. The van der Waals surface area contributed by atoms with Gasteiger partial charge < -0.3 is 21.3 Å². The average molecular weight is 558 g/mol. The molecule has 1 aromatic heterocycles. The SMILES string of the molecule is Cc1cc(C(N)=O)c(NC(C)CC(F)(F)F)cc1C(=O)N[C@H]1C[C@H]2CC[C@@H](C1)N2c1ccc(C(=O)C2CC2)cn1. The molecule has 0 radical (unpaired) electrons. The van der Waals surface area contributed by atoms with Gasteiger partial charge in [-0.25, -0.2) is 4.98 Å². The molecular formula is C29H34F3N5O3. The standard InChI is InChI=1S/C29H34F3N5O3/c1-15-9-23(27(33)39)24(35-16(2)13-29(30,31)32)12-22(15)28(40)36-19-10-20-6-7-21(11-19)37(20)25-8-5-18(14-34-25)26(38)17-3-4-17/h5,8-9,12,14,16-17,19-21,35H,3-4,6-7,10-11,13H2,1-2H3,(H2,33,39)(H,36,40)/t16?,19-,20+,21-. The second kappa shape index (κ2) is 10.7. The zero-order chi connectivity index (χ0) is 28.8. The number of nitrogens with one attached hydrogen (secondary N) is 2. The van der Waals surface area contributed by atoms with Crippen molar-refractivity contribution in [3.63, 3.8) is 0 Å². The number of amides is 2. The first-order valence-electron chi connectivity index (χ1n) is 13.8. The lowest BCUT2D eigenvalue weighted by atomic mass is 9.95. The summed E-state index contributed by atoms with van der Waals surface area (Å²) in [6.07, 6.45) is 1.47. The van der Waals surface area contributed by atoms with Crippen LogP contribution in [0, 0.1) is 12.8 Å². The molecule has 0 spiro atoms. The van der Waals surface area contributed by atoms with Crippen LogP contribution in [0.4, 0.5) is 24.7 Å². The molecule has 1 aromatic carbocycles. The fourth-order valence-corrected chi connectivity index (χ4v) is 6.14. The summed E-state index contributed by atoms with van der Waals surface area (Å²) in [6, 6.07) is 5.90. The Morgan fingerprint density at radius 1 is 1.07 bits per heavy atom. The molecule has 3 heterocycles. The topological polar surface area (TPSA) is 117 Å². The average Bonchev–Trinajstić information content (AvgIpc) is 3.68. The first-order valence-corrected chi connectivity index (χ1v) is 13.8. The molecule has 2 amide bonds. The second-order valence-electron chi connectivity index (χ2n) is 11.4. The quantitative estimate of drug-likeness (QED) is 0.383. The number of alkyl halides is 3. The van der Waals surface area contributed by atoms with Crippen LogP contribution in [-0.2, 0) is 0 Å². The number of pyridine rings is 1. The molecule has 11 heteroatoms. The Labute approximate surface area is 230 Å². The summed E-state index contributed by atoms with van der Waals surface area (Å²) in [5.74, 6) is 0.00848. The number of halogens is 3. The maximum Gasteiger partial charge on any atom is 0.391 e. The van der Waals surface area contributed by atoms with Crippen molar-refractivity contribution in [2.45, 2.75) is 89.1 Å². The van der Waals surface area contributed by atoms with Gasteiger partial charge in [0.2, 0.25) is 0 Å². The van der Waals surface area contributed by atoms with Crippen LogP contribution in [0.3, 0.4) is 0 Å². The fourth-order valence-electron chi connectivity index (χ4n) is 6.14. The van der Waals surface area contributed by atoms with E-state index in [2.05, 4.69) is 20.5 Å². The Kier molecular flexibility index (Phi) is 7.50. The highest BCUT2D eigenvalue weighted by molar-refractivity contribution is 6.03. The van der Waals surface area contributed by atoms with Crippen LogP contribution in [0.2, 0.25) is 0 Å². The summed E-state index contributed by atoms with van der Waals surface area (Å²) in [5, 5.41) is 5.81. The predicted molar refractivity (Wildman–Crippen MR) is 145 cm³/mol. The number of fused-ring (bicyclic) bond motifs is 2. The lowest BCUT2D eigenvalue weighted by molar-refractivity contribution is -0.136. The molecule has 1 saturated carbocycles. The van der Waals surface area contributed by atoms with Crippen molar-refractivity contribution in [2.24, 2.45) is 11.7 Å². The molecule has 2 bridgehead atoms.